The molecular formula is C33H29Cl2N3O5S. The fraction of sp³-hybridized carbons (Fsp3) is 0.121. The molecule has 0 spiro atoms. The molecule has 0 saturated heterocycles. The van der Waals surface area contributed by atoms with Crippen LogP contribution in [-0.4, -0.2) is 37.2 Å². The lowest BCUT2D eigenvalue weighted by Crippen LogP contribution is -2.30. The van der Waals surface area contributed by atoms with Gasteiger partial charge in [0.05, 0.1) is 19.5 Å². The Morgan fingerprint density at radius 2 is 1.45 bits per heavy atom. The fourth-order valence-electron chi connectivity index (χ4n) is 3.91. The number of methoxy groups -OCH3 is 2. The van der Waals surface area contributed by atoms with Gasteiger partial charge in [-0.25, -0.2) is 0 Å². The molecule has 3 N–H and O–H groups in total. The van der Waals surface area contributed by atoms with Gasteiger partial charge in [0.1, 0.15) is 17.2 Å². The van der Waals surface area contributed by atoms with Crippen LogP contribution in [0.25, 0.3) is 6.08 Å². The van der Waals surface area contributed by atoms with Gasteiger partial charge in [-0.2, -0.15) is 0 Å². The monoisotopic (exact) mass is 649 g/mol. The summed E-state index contributed by atoms with van der Waals surface area (Å²) in [6.07, 6.45) is 1.48. The van der Waals surface area contributed by atoms with Crippen LogP contribution in [0, 0.1) is 0 Å². The number of anilines is 2. The Balaban J connectivity index is 1.44. The van der Waals surface area contributed by atoms with Gasteiger partial charge in [-0.1, -0.05) is 47.5 Å². The third-order valence-electron chi connectivity index (χ3n) is 6.20. The van der Waals surface area contributed by atoms with Gasteiger partial charge in [-0.3, -0.25) is 14.4 Å². The number of benzene rings is 4. The third kappa shape index (κ3) is 9.03. The van der Waals surface area contributed by atoms with Crippen LogP contribution in [-0.2, 0) is 9.59 Å². The van der Waals surface area contributed by atoms with E-state index in [1.165, 1.54) is 32.1 Å². The summed E-state index contributed by atoms with van der Waals surface area (Å²) in [6, 6.07) is 25.5. The second-order valence-electron chi connectivity index (χ2n) is 9.37. The van der Waals surface area contributed by atoms with Crippen LogP contribution in [0.15, 0.2) is 102 Å². The van der Waals surface area contributed by atoms with Crippen molar-refractivity contribution < 1.29 is 23.9 Å². The highest BCUT2D eigenvalue weighted by Gasteiger charge is 2.18. The largest absolute Gasteiger partial charge is 0.497 e. The Bertz CT molecular complexity index is 1660. The summed E-state index contributed by atoms with van der Waals surface area (Å²) in [5.74, 6) is -0.0869. The van der Waals surface area contributed by atoms with Gasteiger partial charge in [0.25, 0.3) is 11.8 Å². The average molecular weight is 651 g/mol. The van der Waals surface area contributed by atoms with Crippen LogP contribution in [0.5, 0.6) is 11.5 Å². The molecule has 0 aliphatic heterocycles. The van der Waals surface area contributed by atoms with E-state index < -0.39 is 17.1 Å². The number of thioether (sulfide) groups is 1. The maximum absolute atomic E-state index is 13.3. The number of amides is 3. The van der Waals surface area contributed by atoms with Gasteiger partial charge in [-0.15, -0.1) is 11.8 Å². The molecule has 0 heterocycles. The molecule has 0 fully saturated rings. The van der Waals surface area contributed by atoms with Crippen molar-refractivity contribution in [2.45, 2.75) is 17.1 Å². The number of carbonyl (C=O) groups excluding carboxylic acids is 3. The van der Waals surface area contributed by atoms with E-state index in [1.54, 1.807) is 97.9 Å². The van der Waals surface area contributed by atoms with Crippen molar-refractivity contribution >= 4 is 70.1 Å². The summed E-state index contributed by atoms with van der Waals surface area (Å²) in [4.78, 5) is 39.9. The number of nitrogens with one attached hydrogen (secondary N) is 3. The highest BCUT2D eigenvalue weighted by molar-refractivity contribution is 8.00. The molecule has 226 valence electrons. The lowest BCUT2D eigenvalue weighted by atomic mass is 10.1. The Hall–Kier alpha value is -4.44. The molecule has 8 nitrogen and oxygen atoms in total. The van der Waals surface area contributed by atoms with E-state index in [0.717, 1.165) is 4.90 Å². The van der Waals surface area contributed by atoms with Crippen LogP contribution in [0.1, 0.15) is 22.8 Å². The molecule has 1 atom stereocenters. The van der Waals surface area contributed by atoms with E-state index >= 15 is 0 Å². The smallest absolute Gasteiger partial charge is 0.272 e. The highest BCUT2D eigenvalue weighted by Crippen LogP contribution is 2.29. The summed E-state index contributed by atoms with van der Waals surface area (Å²) in [5, 5.41) is 8.70. The average Bonchev–Trinajstić information content (AvgIpc) is 3.02. The minimum absolute atomic E-state index is 0.0130. The minimum Gasteiger partial charge on any atom is -0.497 e. The van der Waals surface area contributed by atoms with Crippen molar-refractivity contribution in [1.82, 2.24) is 5.32 Å². The van der Waals surface area contributed by atoms with Gasteiger partial charge >= 0.3 is 0 Å². The molecule has 4 rings (SSSR count). The maximum atomic E-state index is 13.3. The molecule has 4 aromatic rings. The van der Waals surface area contributed by atoms with Crippen molar-refractivity contribution in [1.29, 1.82) is 0 Å². The summed E-state index contributed by atoms with van der Waals surface area (Å²) in [7, 11) is 3.08. The topological polar surface area (TPSA) is 106 Å². The summed E-state index contributed by atoms with van der Waals surface area (Å²) in [6.45, 7) is 1.79. The van der Waals surface area contributed by atoms with Crippen molar-refractivity contribution in [3.8, 4) is 11.5 Å². The first-order chi connectivity index (χ1) is 21.1. The molecule has 0 aliphatic rings. The van der Waals surface area contributed by atoms with Crippen LogP contribution in [0.2, 0.25) is 10.0 Å². The minimum atomic E-state index is -0.554. The molecule has 44 heavy (non-hydrogen) atoms. The Morgan fingerprint density at radius 3 is 2.07 bits per heavy atom. The zero-order valence-electron chi connectivity index (χ0n) is 24.0. The van der Waals surface area contributed by atoms with E-state index in [2.05, 4.69) is 16.0 Å². The first kappa shape index (κ1) is 32.5. The normalized spacial score (nSPS) is 11.7. The Morgan fingerprint density at radius 1 is 0.795 bits per heavy atom. The Labute approximate surface area is 269 Å². The zero-order chi connectivity index (χ0) is 31.6. The summed E-state index contributed by atoms with van der Waals surface area (Å²) < 4.78 is 10.5. The van der Waals surface area contributed by atoms with Crippen LogP contribution in [0.3, 0.4) is 0 Å². The standard InChI is InChI=1S/C33H29Cl2N3O5S/c1-20(31(39)37-25-17-26(42-2)19-27(18-25)43-3)44-28-13-11-24(12-14-28)36-33(41)30(15-22-9-10-23(34)16-29(22)35)38-32(40)21-7-5-4-6-8-21/h4-20H,1-3H3,(H,36,41)(H,37,39)(H,38,40)/b30-15-. The van der Waals surface area contributed by atoms with Crippen LogP contribution < -0.4 is 25.4 Å². The molecule has 4 aromatic carbocycles. The fourth-order valence-corrected chi connectivity index (χ4v) is 5.24. The van der Waals surface area contributed by atoms with Gasteiger partial charge in [0.2, 0.25) is 5.91 Å². The second kappa shape index (κ2) is 15.3. The van der Waals surface area contributed by atoms with Crippen molar-refractivity contribution in [2.24, 2.45) is 0 Å². The van der Waals surface area contributed by atoms with Gasteiger partial charge in [0, 0.05) is 50.1 Å². The number of hydrogen-bond acceptors (Lipinski definition) is 6. The predicted octanol–water partition coefficient (Wildman–Crippen LogP) is 7.54. The van der Waals surface area contributed by atoms with E-state index in [4.69, 9.17) is 32.7 Å². The molecule has 0 aliphatic carbocycles. The number of ether oxygens (including phenoxy) is 2. The van der Waals surface area contributed by atoms with Crippen molar-refractivity contribution in [2.75, 3.05) is 24.9 Å². The lowest BCUT2D eigenvalue weighted by Gasteiger charge is -2.14. The highest BCUT2D eigenvalue weighted by atomic mass is 35.5. The molecule has 1 unspecified atom stereocenters. The quantitative estimate of drug-likeness (QED) is 0.114. The molecule has 0 bridgehead atoms. The van der Waals surface area contributed by atoms with Gasteiger partial charge in [0.15, 0.2) is 0 Å². The SMILES string of the molecule is COc1cc(NC(=O)C(C)Sc2ccc(NC(=O)/C(=C/c3ccc(Cl)cc3Cl)NC(=O)c3ccccc3)cc2)cc(OC)c1. The number of rotatable bonds is 11. The molecule has 0 aromatic heterocycles. The van der Waals surface area contributed by atoms with E-state index in [-0.39, 0.29) is 11.6 Å². The van der Waals surface area contributed by atoms with Gasteiger partial charge < -0.3 is 25.4 Å². The number of carbonyl (C=O) groups is 3. The first-order valence-electron chi connectivity index (χ1n) is 13.3. The van der Waals surface area contributed by atoms with Crippen LogP contribution >= 0.6 is 35.0 Å². The van der Waals surface area contributed by atoms with E-state index in [1.807, 2.05) is 0 Å². The molecule has 0 saturated carbocycles. The van der Waals surface area contributed by atoms with Crippen molar-refractivity contribution in [3.63, 3.8) is 0 Å². The molecule has 3 amide bonds. The third-order valence-corrected chi connectivity index (χ3v) is 7.88. The second-order valence-corrected chi connectivity index (χ2v) is 11.6. The van der Waals surface area contributed by atoms with Gasteiger partial charge in [-0.05, 0) is 67.1 Å². The summed E-state index contributed by atoms with van der Waals surface area (Å²) in [5.41, 5.74) is 1.92. The van der Waals surface area contributed by atoms with Crippen molar-refractivity contribution in [3.05, 3.63) is 118 Å². The van der Waals surface area contributed by atoms with E-state index in [0.29, 0.717) is 44.0 Å². The first-order valence-corrected chi connectivity index (χ1v) is 14.9. The molecular weight excluding hydrogens is 621 g/mol. The van der Waals surface area contributed by atoms with Crippen LogP contribution in [0.4, 0.5) is 11.4 Å². The zero-order valence-corrected chi connectivity index (χ0v) is 26.3. The maximum Gasteiger partial charge on any atom is 0.272 e. The predicted molar refractivity (Wildman–Crippen MR) is 177 cm³/mol. The molecule has 11 heteroatoms. The summed E-state index contributed by atoms with van der Waals surface area (Å²) >= 11 is 13.7. The lowest BCUT2D eigenvalue weighted by molar-refractivity contribution is -0.115. The van der Waals surface area contributed by atoms with E-state index in [9.17, 15) is 14.4 Å². The number of halogens is 2. The Kier molecular flexibility index (Phi) is 11.3. The molecule has 0 radical (unpaired) electrons. The number of hydrogen-bond donors (Lipinski definition) is 3.